The van der Waals surface area contributed by atoms with Crippen LogP contribution in [0.15, 0.2) is 119 Å². The van der Waals surface area contributed by atoms with Gasteiger partial charge in [-0.1, -0.05) is 60.7 Å². The van der Waals surface area contributed by atoms with Gasteiger partial charge in [0.05, 0.1) is 11.0 Å². The van der Waals surface area contributed by atoms with Crippen LogP contribution in [0.5, 0.6) is 0 Å². The molecular weight excluding hydrogens is 464 g/mol. The average molecular weight is 485 g/mol. The molecule has 7 aromatic rings. The third-order valence-corrected chi connectivity index (χ3v) is 8.11. The van der Waals surface area contributed by atoms with E-state index in [0.29, 0.717) is 0 Å². The monoisotopic (exact) mass is 484 g/mol. The van der Waals surface area contributed by atoms with Crippen molar-refractivity contribution in [3.05, 3.63) is 119 Å². The summed E-state index contributed by atoms with van der Waals surface area (Å²) < 4.78 is 3.57. The minimum atomic E-state index is 0.979. The zero-order valence-corrected chi connectivity index (χ0v) is 20.4. The number of thiophene rings is 2. The first-order chi connectivity index (χ1) is 17.3. The zero-order valence-electron chi connectivity index (χ0n) is 18.8. The lowest BCUT2D eigenvalue weighted by Crippen LogP contribution is -1.97. The van der Waals surface area contributed by atoms with Crippen LogP contribution in [0.25, 0.3) is 60.4 Å². The van der Waals surface area contributed by atoms with Gasteiger partial charge in [-0.15, -0.1) is 11.3 Å². The number of hydrogen-bond donors (Lipinski definition) is 0. The number of benzene rings is 4. The fourth-order valence-electron chi connectivity index (χ4n) is 4.71. The highest BCUT2D eigenvalue weighted by molar-refractivity contribution is 7.17. The quantitative estimate of drug-likeness (QED) is 0.243. The normalized spacial score (nSPS) is 11.4. The summed E-state index contributed by atoms with van der Waals surface area (Å²) in [6.07, 6.45) is 0. The predicted molar refractivity (Wildman–Crippen MR) is 151 cm³/mol. The second kappa shape index (κ2) is 8.35. The van der Waals surface area contributed by atoms with Gasteiger partial charge in [0, 0.05) is 26.7 Å². The van der Waals surface area contributed by atoms with E-state index in [9.17, 15) is 0 Å². The first-order valence-corrected chi connectivity index (χ1v) is 13.3. The second-order valence-electron chi connectivity index (χ2n) is 8.54. The predicted octanol–water partition coefficient (Wildman–Crippen LogP) is 9.30. The van der Waals surface area contributed by atoms with Crippen molar-refractivity contribution in [2.75, 3.05) is 0 Å². The van der Waals surface area contributed by atoms with Crippen LogP contribution in [0.1, 0.15) is 0 Å². The Balaban J connectivity index is 1.42. The molecule has 4 aromatic carbocycles. The summed E-state index contributed by atoms with van der Waals surface area (Å²) in [5.74, 6) is 0.979. The molecule has 0 saturated carbocycles. The molecule has 166 valence electrons. The lowest BCUT2D eigenvalue weighted by atomic mass is 10.0. The molecular formula is C31H20N2S2. The second-order valence-corrected chi connectivity index (χ2v) is 10.2. The maximum absolute atomic E-state index is 5.13. The Morgan fingerprint density at radius 2 is 1.40 bits per heavy atom. The molecule has 35 heavy (non-hydrogen) atoms. The lowest BCUT2D eigenvalue weighted by Gasteiger charge is -2.11. The van der Waals surface area contributed by atoms with Crippen LogP contribution in [0.4, 0.5) is 0 Å². The SMILES string of the molecule is c1ccc(-c2ccc(-n3c(-c4csc5ccc(-c6ccsc6)cc45)nc4ccccc43)cc2)cc1. The Kier molecular flexibility index (Phi) is 4.86. The van der Waals surface area contributed by atoms with Crippen molar-refractivity contribution in [1.29, 1.82) is 0 Å². The molecule has 0 fully saturated rings. The summed E-state index contributed by atoms with van der Waals surface area (Å²) >= 11 is 3.51. The van der Waals surface area contributed by atoms with Crippen molar-refractivity contribution < 1.29 is 0 Å². The molecule has 0 amide bonds. The summed E-state index contributed by atoms with van der Waals surface area (Å²) in [4.78, 5) is 5.13. The molecule has 0 atom stereocenters. The largest absolute Gasteiger partial charge is 0.292 e. The third-order valence-electron chi connectivity index (χ3n) is 6.46. The summed E-state index contributed by atoms with van der Waals surface area (Å²) in [7, 11) is 0. The first-order valence-electron chi connectivity index (χ1n) is 11.5. The number of fused-ring (bicyclic) bond motifs is 2. The van der Waals surface area contributed by atoms with Gasteiger partial charge in [0.25, 0.3) is 0 Å². The number of rotatable bonds is 4. The van der Waals surface area contributed by atoms with Crippen molar-refractivity contribution in [2.24, 2.45) is 0 Å². The van der Waals surface area contributed by atoms with E-state index in [2.05, 4.69) is 124 Å². The highest BCUT2D eigenvalue weighted by Crippen LogP contribution is 2.39. The van der Waals surface area contributed by atoms with E-state index >= 15 is 0 Å². The van der Waals surface area contributed by atoms with Crippen molar-refractivity contribution in [3.8, 4) is 39.3 Å². The van der Waals surface area contributed by atoms with E-state index < -0.39 is 0 Å². The van der Waals surface area contributed by atoms with Gasteiger partial charge in [0.2, 0.25) is 0 Å². The van der Waals surface area contributed by atoms with E-state index in [0.717, 1.165) is 22.5 Å². The van der Waals surface area contributed by atoms with Crippen molar-refractivity contribution >= 4 is 43.8 Å². The maximum atomic E-state index is 5.13. The Morgan fingerprint density at radius 1 is 0.629 bits per heavy atom. The molecule has 0 aliphatic rings. The van der Waals surface area contributed by atoms with E-state index in [1.54, 1.807) is 22.7 Å². The van der Waals surface area contributed by atoms with Crippen molar-refractivity contribution in [2.45, 2.75) is 0 Å². The van der Waals surface area contributed by atoms with Crippen LogP contribution < -0.4 is 0 Å². The summed E-state index contributed by atoms with van der Waals surface area (Å²) in [6.45, 7) is 0. The van der Waals surface area contributed by atoms with Crippen LogP contribution in [0.3, 0.4) is 0 Å². The summed E-state index contributed by atoms with van der Waals surface area (Å²) in [5.41, 5.74) is 9.34. The molecule has 3 aromatic heterocycles. The molecule has 7 rings (SSSR count). The molecule has 0 radical (unpaired) electrons. The number of nitrogens with zero attached hydrogens (tertiary/aromatic N) is 2. The summed E-state index contributed by atoms with van der Waals surface area (Å²) in [6, 6.07) is 36.6. The Hall–Kier alpha value is -3.99. The van der Waals surface area contributed by atoms with Crippen LogP contribution in [-0.2, 0) is 0 Å². The van der Waals surface area contributed by atoms with Gasteiger partial charge in [-0.05, 0) is 75.5 Å². The molecule has 0 unspecified atom stereocenters. The van der Waals surface area contributed by atoms with Crippen LogP contribution in [0, 0.1) is 0 Å². The molecule has 2 nitrogen and oxygen atoms in total. The molecule has 0 aliphatic carbocycles. The number of para-hydroxylation sites is 2. The van der Waals surface area contributed by atoms with Gasteiger partial charge in [0.1, 0.15) is 5.82 Å². The molecule has 0 bridgehead atoms. The molecule has 3 heterocycles. The van der Waals surface area contributed by atoms with Gasteiger partial charge in [-0.3, -0.25) is 4.57 Å². The average Bonchev–Trinajstić information content (AvgIpc) is 3.67. The number of imidazole rings is 1. The third kappa shape index (κ3) is 3.50. The standard InChI is InChI=1S/C31H20N2S2/c1-2-6-21(7-3-1)22-10-13-25(14-11-22)33-29-9-5-4-8-28(29)32-31(33)27-20-35-30-15-12-23(18-26(27)30)24-16-17-34-19-24/h1-20H. The highest BCUT2D eigenvalue weighted by Gasteiger charge is 2.18. The Labute approximate surface area is 211 Å². The van der Waals surface area contributed by atoms with Crippen LogP contribution in [-0.4, -0.2) is 9.55 Å². The Morgan fingerprint density at radius 3 is 2.23 bits per heavy atom. The molecule has 0 N–H and O–H groups in total. The molecule has 0 spiro atoms. The summed E-state index contributed by atoms with van der Waals surface area (Å²) in [5, 5.41) is 7.83. The van der Waals surface area contributed by atoms with Gasteiger partial charge in [-0.25, -0.2) is 4.98 Å². The van der Waals surface area contributed by atoms with Gasteiger partial charge < -0.3 is 0 Å². The van der Waals surface area contributed by atoms with Crippen molar-refractivity contribution in [1.82, 2.24) is 9.55 Å². The molecule has 4 heteroatoms. The molecule has 0 saturated heterocycles. The maximum Gasteiger partial charge on any atom is 0.147 e. The van der Waals surface area contributed by atoms with Gasteiger partial charge in [-0.2, -0.15) is 11.3 Å². The van der Waals surface area contributed by atoms with Gasteiger partial charge in [0.15, 0.2) is 0 Å². The topological polar surface area (TPSA) is 17.8 Å². The number of aromatic nitrogens is 2. The van der Waals surface area contributed by atoms with E-state index in [4.69, 9.17) is 4.98 Å². The van der Waals surface area contributed by atoms with Gasteiger partial charge >= 0.3 is 0 Å². The lowest BCUT2D eigenvalue weighted by molar-refractivity contribution is 1.11. The van der Waals surface area contributed by atoms with Crippen LogP contribution in [0.2, 0.25) is 0 Å². The van der Waals surface area contributed by atoms with E-state index in [1.165, 1.54) is 37.9 Å². The van der Waals surface area contributed by atoms with Crippen molar-refractivity contribution in [3.63, 3.8) is 0 Å². The number of hydrogen-bond acceptors (Lipinski definition) is 3. The van der Waals surface area contributed by atoms with E-state index in [-0.39, 0.29) is 0 Å². The fourth-order valence-corrected chi connectivity index (χ4v) is 6.30. The molecule has 0 aliphatic heterocycles. The minimum absolute atomic E-state index is 0.979. The smallest absolute Gasteiger partial charge is 0.147 e. The minimum Gasteiger partial charge on any atom is -0.292 e. The van der Waals surface area contributed by atoms with E-state index in [1.807, 2.05) is 0 Å². The first kappa shape index (κ1) is 20.4. The highest BCUT2D eigenvalue weighted by atomic mass is 32.1. The Bertz CT molecular complexity index is 1770. The van der Waals surface area contributed by atoms with Crippen LogP contribution >= 0.6 is 22.7 Å². The zero-order chi connectivity index (χ0) is 23.2. The fraction of sp³-hybridized carbons (Fsp3) is 0.